The number of hydrogen-bond acceptors (Lipinski definition) is 3. The lowest BCUT2D eigenvalue weighted by Gasteiger charge is -2.26. The first-order valence-corrected chi connectivity index (χ1v) is 15.3. The third-order valence-corrected chi connectivity index (χ3v) is 9.58. The second-order valence-electron chi connectivity index (χ2n) is 12.4. The summed E-state index contributed by atoms with van der Waals surface area (Å²) in [5.74, 6) is 3.87. The van der Waals surface area contributed by atoms with Crippen LogP contribution in [0.3, 0.4) is 0 Å². The van der Waals surface area contributed by atoms with E-state index in [0.717, 1.165) is 23.0 Å². The Kier molecular flexibility index (Phi) is 5.81. The van der Waals surface area contributed by atoms with E-state index in [9.17, 15) is 0 Å². The van der Waals surface area contributed by atoms with E-state index in [0.29, 0.717) is 0 Å². The first kappa shape index (κ1) is 24.1. The van der Waals surface area contributed by atoms with Crippen molar-refractivity contribution in [3.63, 3.8) is 0 Å². The Morgan fingerprint density at radius 3 is 1.44 bits per heavy atom. The lowest BCUT2D eigenvalue weighted by Crippen LogP contribution is -2.12. The van der Waals surface area contributed by atoms with Crippen LogP contribution in [0, 0.1) is 0 Å². The summed E-state index contributed by atoms with van der Waals surface area (Å²) >= 11 is 3.97. The second-order valence-corrected chi connectivity index (χ2v) is 14.4. The summed E-state index contributed by atoms with van der Waals surface area (Å²) in [4.78, 5) is 4.98. The topological polar surface area (TPSA) is 12.9 Å². The van der Waals surface area contributed by atoms with Crippen LogP contribution in [-0.4, -0.2) is 4.98 Å². The number of rotatable bonds is 0. The lowest BCUT2D eigenvalue weighted by atomic mass is 9.79. The number of pyridine rings is 1. The second kappa shape index (κ2) is 8.67. The minimum absolute atomic E-state index is 0.106. The van der Waals surface area contributed by atoms with Gasteiger partial charge in [0.15, 0.2) is 0 Å². The molecule has 0 radical (unpaired) electrons. The van der Waals surface area contributed by atoms with Gasteiger partial charge >= 0.3 is 0 Å². The van der Waals surface area contributed by atoms with E-state index in [1.54, 1.807) is 0 Å². The summed E-state index contributed by atoms with van der Waals surface area (Å²) in [6.07, 6.45) is 0. The van der Waals surface area contributed by atoms with Gasteiger partial charge in [0.1, 0.15) is 0 Å². The van der Waals surface area contributed by atoms with E-state index in [-0.39, 0.29) is 10.8 Å². The van der Waals surface area contributed by atoms with Crippen molar-refractivity contribution in [2.24, 2.45) is 0 Å². The van der Waals surface area contributed by atoms with Crippen molar-refractivity contribution in [1.29, 1.82) is 0 Å². The average Bonchev–Trinajstić information content (AvgIpc) is 2.81. The van der Waals surface area contributed by atoms with Gasteiger partial charge < -0.3 is 0 Å². The third kappa shape index (κ3) is 4.29. The Hall–Kier alpha value is -2.23. The van der Waals surface area contributed by atoms with Crippen LogP contribution in [0.1, 0.15) is 75.2 Å². The monoisotopic (exact) mass is 509 g/mol. The van der Waals surface area contributed by atoms with E-state index < -0.39 is 0 Å². The van der Waals surface area contributed by atoms with Gasteiger partial charge in [-0.05, 0) is 89.7 Å². The van der Waals surface area contributed by atoms with E-state index >= 15 is 0 Å². The number of aromatic nitrogens is 1. The normalized spacial score (nSPS) is 15.4. The van der Waals surface area contributed by atoms with Gasteiger partial charge in [0.2, 0.25) is 0 Å². The molecule has 3 aliphatic rings. The highest BCUT2D eigenvalue weighted by atomic mass is 32.2. The van der Waals surface area contributed by atoms with Crippen molar-refractivity contribution in [2.75, 3.05) is 0 Å². The van der Waals surface area contributed by atoms with Gasteiger partial charge in [-0.3, -0.25) is 4.98 Å². The molecule has 0 spiro atoms. The predicted molar refractivity (Wildman–Crippen MR) is 162 cm³/mol. The summed E-state index contributed by atoms with van der Waals surface area (Å²) < 4.78 is 0. The van der Waals surface area contributed by atoms with Crippen molar-refractivity contribution < 1.29 is 0 Å². The zero-order valence-corrected chi connectivity index (χ0v) is 23.9. The first-order valence-electron chi connectivity index (χ1n) is 13.0. The molecule has 0 fully saturated rings. The Morgan fingerprint density at radius 1 is 0.583 bits per heavy atom. The molecule has 0 atom stereocenters. The molecule has 3 aliphatic heterocycles. The van der Waals surface area contributed by atoms with Gasteiger partial charge in [-0.1, -0.05) is 71.9 Å². The molecule has 4 heterocycles. The minimum Gasteiger partial charge on any atom is -0.256 e. The fourth-order valence-electron chi connectivity index (χ4n) is 5.48. The molecular weight excluding hydrogens is 475 g/mol. The highest BCUT2D eigenvalue weighted by molar-refractivity contribution is 7.98. The number of benzene rings is 4. The predicted octanol–water partition coefficient (Wildman–Crippen LogP) is 9.75. The average molecular weight is 510 g/mol. The van der Waals surface area contributed by atoms with Crippen LogP contribution >= 0.6 is 23.5 Å². The van der Waals surface area contributed by atoms with Gasteiger partial charge in [0.05, 0.1) is 11.4 Å². The molecule has 8 rings (SSSR count). The summed E-state index contributed by atoms with van der Waals surface area (Å²) in [5, 5.41) is 8.56. The maximum atomic E-state index is 4.98. The standard InChI is InChI=1S/C33H35NS2/c1-32(2,3)24-12-20-10-23-17-36-19-27-9-7-8-26(34-27)18-35-16-22-11-21-13-25(33(4,5)6)15-29(23)31(21)30(20)28(22)14-24/h7-15H,16-19H2,1-6H3. The van der Waals surface area contributed by atoms with Gasteiger partial charge in [0.25, 0.3) is 0 Å². The van der Waals surface area contributed by atoms with Gasteiger partial charge in [-0.2, -0.15) is 23.5 Å². The molecule has 0 aliphatic carbocycles. The third-order valence-electron chi connectivity index (χ3n) is 7.55. The first-order chi connectivity index (χ1) is 17.1. The fourth-order valence-corrected chi connectivity index (χ4v) is 7.34. The molecule has 0 N–H and O–H groups in total. The van der Waals surface area contributed by atoms with Gasteiger partial charge in [0, 0.05) is 23.0 Å². The van der Waals surface area contributed by atoms with Gasteiger partial charge in [-0.15, -0.1) is 0 Å². The maximum Gasteiger partial charge on any atom is 0.0506 e. The van der Waals surface area contributed by atoms with Crippen LogP contribution in [0.5, 0.6) is 0 Å². The number of hydrogen-bond donors (Lipinski definition) is 0. The Balaban J connectivity index is 1.70. The fraction of sp³-hybridized carbons (Fsp3) is 0.364. The molecule has 0 unspecified atom stereocenters. The van der Waals surface area contributed by atoms with E-state index in [4.69, 9.17) is 4.98 Å². The maximum absolute atomic E-state index is 4.98. The molecule has 5 aromatic rings. The summed E-state index contributed by atoms with van der Waals surface area (Å²) in [6, 6.07) is 21.4. The number of nitrogens with zero attached hydrogens (tertiary/aromatic N) is 1. The largest absolute Gasteiger partial charge is 0.256 e. The van der Waals surface area contributed by atoms with Crippen molar-refractivity contribution in [3.8, 4) is 0 Å². The lowest BCUT2D eigenvalue weighted by molar-refractivity contribution is 0.591. The van der Waals surface area contributed by atoms with Crippen molar-refractivity contribution >= 4 is 55.8 Å². The molecule has 10 bridgehead atoms. The van der Waals surface area contributed by atoms with Crippen molar-refractivity contribution in [3.05, 3.63) is 88.2 Å². The molecule has 0 amide bonds. The molecule has 0 saturated carbocycles. The molecule has 36 heavy (non-hydrogen) atoms. The van der Waals surface area contributed by atoms with Crippen LogP contribution in [0.4, 0.5) is 0 Å². The zero-order valence-electron chi connectivity index (χ0n) is 22.3. The van der Waals surface area contributed by atoms with E-state index in [1.807, 2.05) is 23.5 Å². The summed E-state index contributed by atoms with van der Waals surface area (Å²) in [5.41, 5.74) is 8.33. The Labute approximate surface area is 223 Å². The quantitative estimate of drug-likeness (QED) is 0.193. The Morgan fingerprint density at radius 2 is 1.03 bits per heavy atom. The van der Waals surface area contributed by atoms with E-state index in [2.05, 4.69) is 96.1 Å². The molecule has 1 nitrogen and oxygen atoms in total. The highest BCUT2D eigenvalue weighted by Gasteiger charge is 2.23. The van der Waals surface area contributed by atoms with E-state index in [1.165, 1.54) is 66.0 Å². The van der Waals surface area contributed by atoms with Crippen LogP contribution in [0.2, 0.25) is 0 Å². The molecule has 184 valence electrons. The zero-order chi connectivity index (χ0) is 25.2. The SMILES string of the molecule is CC(C)(C)c1cc2cc3c4cc(C(C)(C)C)cc5cc(c(c1)c2c54)CSCc1cccc(n1)CSC3. The van der Waals surface area contributed by atoms with Crippen LogP contribution < -0.4 is 0 Å². The van der Waals surface area contributed by atoms with Crippen LogP contribution in [0.15, 0.2) is 54.6 Å². The Bertz CT molecular complexity index is 1480. The summed E-state index contributed by atoms with van der Waals surface area (Å²) in [6.45, 7) is 14.0. The highest BCUT2D eigenvalue weighted by Crippen LogP contribution is 2.44. The van der Waals surface area contributed by atoms with Gasteiger partial charge in [-0.25, -0.2) is 0 Å². The summed E-state index contributed by atoms with van der Waals surface area (Å²) in [7, 11) is 0. The van der Waals surface area contributed by atoms with Crippen molar-refractivity contribution in [2.45, 2.75) is 75.4 Å². The number of thioether (sulfide) groups is 2. The molecular formula is C33H35NS2. The molecule has 0 saturated heterocycles. The van der Waals surface area contributed by atoms with Crippen LogP contribution in [0.25, 0.3) is 32.3 Å². The van der Waals surface area contributed by atoms with Crippen LogP contribution in [-0.2, 0) is 33.8 Å². The molecule has 3 heteroatoms. The molecule has 1 aromatic heterocycles. The smallest absolute Gasteiger partial charge is 0.0506 e. The minimum atomic E-state index is 0.106. The van der Waals surface area contributed by atoms with Crippen molar-refractivity contribution in [1.82, 2.24) is 4.98 Å². The molecule has 4 aromatic carbocycles.